The molecule has 1 aromatic carbocycles. The van der Waals surface area contributed by atoms with Gasteiger partial charge in [0.2, 0.25) is 11.0 Å². The number of aromatic nitrogens is 2. The van der Waals surface area contributed by atoms with E-state index in [0.717, 1.165) is 17.8 Å². The van der Waals surface area contributed by atoms with Gasteiger partial charge in [0.15, 0.2) is 0 Å². The predicted octanol–water partition coefficient (Wildman–Crippen LogP) is 2.46. The van der Waals surface area contributed by atoms with Crippen LogP contribution in [0.25, 0.3) is 0 Å². The monoisotopic (exact) mass is 425 g/mol. The number of amides is 2. The second-order valence-corrected chi connectivity index (χ2v) is 9.28. The summed E-state index contributed by atoms with van der Waals surface area (Å²) in [4.78, 5) is 24.1. The van der Waals surface area contributed by atoms with Crippen molar-refractivity contribution in [3.8, 4) is 0 Å². The van der Waals surface area contributed by atoms with Gasteiger partial charge in [-0.05, 0) is 25.5 Å². The molecular weight excluding hydrogens is 402 g/mol. The van der Waals surface area contributed by atoms with E-state index in [-0.39, 0.29) is 44.5 Å². The zero-order valence-electron chi connectivity index (χ0n) is 16.0. The minimum Gasteiger partial charge on any atom is -0.350 e. The summed E-state index contributed by atoms with van der Waals surface area (Å²) in [6.45, 7) is 7.21. The van der Waals surface area contributed by atoms with Crippen molar-refractivity contribution in [2.24, 2.45) is 5.92 Å². The number of hydrogen-bond donors (Lipinski definition) is 3. The molecule has 0 aliphatic rings. The Balaban J connectivity index is 2.22. The second-order valence-electron chi connectivity index (χ2n) is 6.45. The topological polar surface area (TPSA) is 130 Å². The Labute approximate surface area is 168 Å². The number of benzene rings is 1. The maximum absolute atomic E-state index is 12.6. The summed E-state index contributed by atoms with van der Waals surface area (Å²) in [5.41, 5.74) is 0.329. The number of sulfonamides is 1. The maximum Gasteiger partial charge on any atom is 0.291 e. The molecule has 0 spiro atoms. The minimum absolute atomic E-state index is 0.0487. The van der Waals surface area contributed by atoms with E-state index in [2.05, 4.69) is 25.6 Å². The number of anilines is 2. The number of hydrogen-bond acceptors (Lipinski definition) is 7. The van der Waals surface area contributed by atoms with E-state index >= 15 is 0 Å². The Morgan fingerprint density at radius 1 is 1.14 bits per heavy atom. The van der Waals surface area contributed by atoms with Crippen LogP contribution in [-0.2, 0) is 14.8 Å². The third kappa shape index (κ3) is 5.49. The summed E-state index contributed by atoms with van der Waals surface area (Å²) in [5.74, 6) is -0.951. The highest BCUT2D eigenvalue weighted by molar-refractivity contribution is 7.94. The summed E-state index contributed by atoms with van der Waals surface area (Å²) in [5, 5.41) is 12.7. The number of rotatable bonds is 8. The molecule has 1 aromatic heterocycles. The molecule has 9 nitrogen and oxygen atoms in total. The third-order valence-corrected chi connectivity index (χ3v) is 6.37. The first-order valence-corrected chi connectivity index (χ1v) is 11.0. The largest absolute Gasteiger partial charge is 0.350 e. The van der Waals surface area contributed by atoms with E-state index < -0.39 is 10.0 Å². The van der Waals surface area contributed by atoms with Crippen LogP contribution < -0.4 is 15.4 Å². The maximum atomic E-state index is 12.6. The van der Waals surface area contributed by atoms with Crippen LogP contribution in [-0.4, -0.2) is 36.5 Å². The minimum atomic E-state index is -4.07. The van der Waals surface area contributed by atoms with Crippen molar-refractivity contribution >= 4 is 44.0 Å². The highest BCUT2D eigenvalue weighted by atomic mass is 32.2. The Kier molecular flexibility index (Phi) is 7.08. The number of nitrogens with one attached hydrogen (secondary N) is 3. The van der Waals surface area contributed by atoms with Gasteiger partial charge < -0.3 is 10.6 Å². The molecular formula is C17H23N5O4S2. The van der Waals surface area contributed by atoms with Crippen LogP contribution in [0.1, 0.15) is 44.5 Å². The highest BCUT2D eigenvalue weighted by Crippen LogP contribution is 2.24. The van der Waals surface area contributed by atoms with E-state index in [1.807, 2.05) is 13.8 Å². The summed E-state index contributed by atoms with van der Waals surface area (Å²) in [7, 11) is -4.07. The van der Waals surface area contributed by atoms with Gasteiger partial charge in [0.25, 0.3) is 20.3 Å². The Bertz CT molecular complexity index is 956. The molecule has 2 amide bonds. The predicted molar refractivity (Wildman–Crippen MR) is 108 cm³/mol. The second kappa shape index (κ2) is 9.11. The fraction of sp³-hybridized carbons (Fsp3) is 0.412. The zero-order valence-corrected chi connectivity index (χ0v) is 17.6. The van der Waals surface area contributed by atoms with Gasteiger partial charge in [-0.25, -0.2) is 0 Å². The van der Waals surface area contributed by atoms with Gasteiger partial charge in [-0.1, -0.05) is 44.2 Å². The molecule has 0 saturated heterocycles. The average molecular weight is 426 g/mol. The van der Waals surface area contributed by atoms with E-state index in [1.54, 1.807) is 26.0 Å². The summed E-state index contributed by atoms with van der Waals surface area (Å²) >= 11 is 0.728. The number of para-hydroxylation sites is 1. The molecule has 0 aliphatic heterocycles. The molecule has 0 unspecified atom stereocenters. The molecule has 2 aromatic rings. The molecule has 11 heteroatoms. The van der Waals surface area contributed by atoms with Crippen molar-refractivity contribution < 1.29 is 18.0 Å². The van der Waals surface area contributed by atoms with Crippen molar-refractivity contribution in [2.45, 2.75) is 44.5 Å². The molecule has 2 rings (SSSR count). The molecule has 0 bridgehead atoms. The smallest absolute Gasteiger partial charge is 0.291 e. The van der Waals surface area contributed by atoms with Gasteiger partial charge in [0.1, 0.15) is 0 Å². The zero-order chi connectivity index (χ0) is 20.9. The number of carbonyl (C=O) groups excluding carboxylic acids is 2. The van der Waals surface area contributed by atoms with Crippen LogP contribution in [0.3, 0.4) is 0 Å². The van der Waals surface area contributed by atoms with Crippen LogP contribution in [0, 0.1) is 5.92 Å². The molecule has 0 aliphatic carbocycles. The molecule has 152 valence electrons. The lowest BCUT2D eigenvalue weighted by Crippen LogP contribution is -2.32. The van der Waals surface area contributed by atoms with Gasteiger partial charge in [0, 0.05) is 12.0 Å². The third-order valence-electron chi connectivity index (χ3n) is 3.80. The summed E-state index contributed by atoms with van der Waals surface area (Å²) in [6, 6.07) is 6.24. The SMILES string of the molecule is CC[C@@H](C)NC(=O)c1ccccc1NS(=O)(=O)c1nnc(NC(=O)C(C)C)s1. The van der Waals surface area contributed by atoms with Crippen LogP contribution >= 0.6 is 11.3 Å². The first kappa shape index (κ1) is 21.8. The number of carbonyl (C=O) groups is 2. The van der Waals surface area contributed by atoms with Crippen molar-refractivity contribution in [1.29, 1.82) is 0 Å². The fourth-order valence-electron chi connectivity index (χ4n) is 1.98. The highest BCUT2D eigenvalue weighted by Gasteiger charge is 2.24. The van der Waals surface area contributed by atoms with E-state index in [0.29, 0.717) is 0 Å². The van der Waals surface area contributed by atoms with Crippen LogP contribution in [0.15, 0.2) is 28.6 Å². The first-order valence-electron chi connectivity index (χ1n) is 8.71. The van der Waals surface area contributed by atoms with E-state index in [9.17, 15) is 18.0 Å². The van der Waals surface area contributed by atoms with Crippen LogP contribution in [0.5, 0.6) is 0 Å². The van der Waals surface area contributed by atoms with Crippen molar-refractivity contribution in [3.63, 3.8) is 0 Å². The lowest BCUT2D eigenvalue weighted by atomic mass is 10.1. The fourth-order valence-corrected chi connectivity index (χ4v) is 3.96. The Hall–Kier alpha value is -2.53. The van der Waals surface area contributed by atoms with Crippen LogP contribution in [0.2, 0.25) is 0 Å². The van der Waals surface area contributed by atoms with Gasteiger partial charge in [-0.3, -0.25) is 14.3 Å². The van der Waals surface area contributed by atoms with Crippen molar-refractivity contribution in [1.82, 2.24) is 15.5 Å². The van der Waals surface area contributed by atoms with Crippen molar-refractivity contribution in [3.05, 3.63) is 29.8 Å². The molecule has 0 fully saturated rings. The lowest BCUT2D eigenvalue weighted by Gasteiger charge is -2.14. The van der Waals surface area contributed by atoms with E-state index in [4.69, 9.17) is 0 Å². The van der Waals surface area contributed by atoms with Crippen molar-refractivity contribution in [2.75, 3.05) is 10.0 Å². The summed E-state index contributed by atoms with van der Waals surface area (Å²) < 4.78 is 27.3. The molecule has 0 radical (unpaired) electrons. The molecule has 28 heavy (non-hydrogen) atoms. The number of nitrogens with zero attached hydrogens (tertiary/aromatic N) is 2. The molecule has 1 atom stereocenters. The molecule has 0 saturated carbocycles. The Morgan fingerprint density at radius 3 is 2.46 bits per heavy atom. The molecule has 1 heterocycles. The molecule has 3 N–H and O–H groups in total. The van der Waals surface area contributed by atoms with Crippen LogP contribution in [0.4, 0.5) is 10.8 Å². The first-order chi connectivity index (χ1) is 13.1. The van der Waals surface area contributed by atoms with E-state index in [1.165, 1.54) is 12.1 Å². The normalized spacial score (nSPS) is 12.5. The van der Waals surface area contributed by atoms with Gasteiger partial charge in [-0.15, -0.1) is 10.2 Å². The van der Waals surface area contributed by atoms with Gasteiger partial charge in [-0.2, -0.15) is 8.42 Å². The lowest BCUT2D eigenvalue weighted by molar-refractivity contribution is -0.118. The summed E-state index contributed by atoms with van der Waals surface area (Å²) in [6.07, 6.45) is 0.745. The van der Waals surface area contributed by atoms with Gasteiger partial charge >= 0.3 is 0 Å². The van der Waals surface area contributed by atoms with Gasteiger partial charge in [0.05, 0.1) is 11.3 Å². The quantitative estimate of drug-likeness (QED) is 0.557. The Morgan fingerprint density at radius 2 is 1.82 bits per heavy atom. The average Bonchev–Trinajstić information content (AvgIpc) is 3.11. The standard InChI is InChI=1S/C17H23N5O4S2/c1-5-11(4)18-15(24)12-8-6-7-9-13(12)22-28(25,26)17-21-20-16(27-17)19-14(23)10(2)3/h6-11,22H,5H2,1-4H3,(H,18,24)(H,19,20,23)/t11-/m1/s1.